The van der Waals surface area contributed by atoms with Gasteiger partial charge in [0, 0.05) is 41.7 Å². The van der Waals surface area contributed by atoms with Crippen molar-refractivity contribution in [3.8, 4) is 28.7 Å². The van der Waals surface area contributed by atoms with Gasteiger partial charge in [-0.2, -0.15) is 5.26 Å². The zero-order chi connectivity index (χ0) is 30.2. The first-order valence-electron chi connectivity index (χ1n) is 12.8. The second-order valence-electron chi connectivity index (χ2n) is 9.41. The number of nitrogens with one attached hydrogen (secondary N) is 1. The first-order chi connectivity index (χ1) is 20.2. The number of nitrogens with zero attached hydrogens (tertiary/aromatic N) is 2. The quantitative estimate of drug-likeness (QED) is 0.167. The Kier molecular flexibility index (Phi) is 9.93. The molecular formula is C31H28ClFN4O5. The molecular weight excluding hydrogens is 563 g/mol. The molecule has 11 heteroatoms. The number of anilines is 1. The Balaban J connectivity index is 1.60. The van der Waals surface area contributed by atoms with Crippen LogP contribution in [0.25, 0.3) is 11.1 Å². The van der Waals surface area contributed by atoms with Crippen molar-refractivity contribution in [3.05, 3.63) is 106 Å². The van der Waals surface area contributed by atoms with Crippen molar-refractivity contribution in [2.75, 3.05) is 12.3 Å². The summed E-state index contributed by atoms with van der Waals surface area (Å²) in [4.78, 5) is 15.4. The van der Waals surface area contributed by atoms with Gasteiger partial charge in [0.25, 0.3) is 0 Å². The van der Waals surface area contributed by atoms with Crippen molar-refractivity contribution in [2.45, 2.75) is 32.7 Å². The number of carbonyl (C=O) groups is 1. The number of hydrogen-bond donors (Lipinski definition) is 4. The minimum atomic E-state index is -1.21. The molecule has 0 fully saturated rings. The van der Waals surface area contributed by atoms with Crippen LogP contribution < -0.4 is 20.5 Å². The molecule has 216 valence electrons. The highest BCUT2D eigenvalue weighted by atomic mass is 35.5. The standard InChI is InChI=1S/C31H28ClFN4O5/c1-18-21(4-2-5-23(18)24-6-3-7-26(35)30(24)33)17-42-29-10-28(41-16-20-8-19(11-34)12-36-13-20)22(9-25(29)32)14-37-27(15-38)31(39)40/h2-10,12-13,27,37-38H,14-17,35H2,1H3,(H,39,40)/t27-/m1/s1. The molecule has 0 aliphatic rings. The lowest BCUT2D eigenvalue weighted by Gasteiger charge is -2.18. The highest BCUT2D eigenvalue weighted by Gasteiger charge is 2.19. The van der Waals surface area contributed by atoms with E-state index in [9.17, 15) is 19.4 Å². The molecule has 3 aromatic carbocycles. The van der Waals surface area contributed by atoms with E-state index in [1.54, 1.807) is 42.6 Å². The van der Waals surface area contributed by atoms with Gasteiger partial charge in [-0.15, -0.1) is 0 Å². The summed E-state index contributed by atoms with van der Waals surface area (Å²) in [5, 5.41) is 30.8. The topological polar surface area (TPSA) is 151 Å². The van der Waals surface area contributed by atoms with Gasteiger partial charge >= 0.3 is 5.97 Å². The maximum absolute atomic E-state index is 14.7. The van der Waals surface area contributed by atoms with E-state index in [0.717, 1.165) is 11.1 Å². The fourth-order valence-corrected chi connectivity index (χ4v) is 4.50. The average Bonchev–Trinajstić information content (AvgIpc) is 2.98. The summed E-state index contributed by atoms with van der Waals surface area (Å²) in [6.07, 6.45) is 3.00. The molecule has 0 aliphatic heterocycles. The number of aliphatic hydroxyl groups excluding tert-OH is 1. The van der Waals surface area contributed by atoms with Crippen LogP contribution in [-0.2, 0) is 24.6 Å². The van der Waals surface area contributed by atoms with Crippen LogP contribution in [0.2, 0.25) is 5.02 Å². The van der Waals surface area contributed by atoms with Gasteiger partial charge in [-0.1, -0.05) is 41.9 Å². The number of halogens is 2. The molecule has 0 saturated carbocycles. The van der Waals surface area contributed by atoms with Crippen LogP contribution in [0.1, 0.15) is 27.8 Å². The molecule has 0 saturated heterocycles. The minimum absolute atomic E-state index is 0.0241. The number of pyridine rings is 1. The van der Waals surface area contributed by atoms with E-state index in [4.69, 9.17) is 32.1 Å². The first-order valence-corrected chi connectivity index (χ1v) is 13.2. The monoisotopic (exact) mass is 590 g/mol. The van der Waals surface area contributed by atoms with Gasteiger partial charge in [0.1, 0.15) is 36.8 Å². The smallest absolute Gasteiger partial charge is 0.323 e. The van der Waals surface area contributed by atoms with Crippen LogP contribution in [0.3, 0.4) is 0 Å². The third kappa shape index (κ3) is 7.14. The maximum atomic E-state index is 14.7. The summed E-state index contributed by atoms with van der Waals surface area (Å²) in [5.41, 5.74) is 10.0. The fourth-order valence-electron chi connectivity index (χ4n) is 4.26. The molecule has 1 aromatic heterocycles. The molecule has 0 unspecified atom stereocenters. The molecule has 0 bridgehead atoms. The molecule has 4 rings (SSSR count). The van der Waals surface area contributed by atoms with Crippen LogP contribution in [0.4, 0.5) is 10.1 Å². The zero-order valence-electron chi connectivity index (χ0n) is 22.6. The van der Waals surface area contributed by atoms with Gasteiger partial charge in [0.2, 0.25) is 0 Å². The van der Waals surface area contributed by atoms with Crippen molar-refractivity contribution in [2.24, 2.45) is 0 Å². The number of aliphatic carboxylic acids is 1. The number of nitrogens with two attached hydrogens (primary N) is 1. The highest BCUT2D eigenvalue weighted by molar-refractivity contribution is 6.32. The predicted molar refractivity (Wildman–Crippen MR) is 155 cm³/mol. The normalized spacial score (nSPS) is 11.5. The number of aliphatic hydroxyl groups is 1. The molecule has 1 heterocycles. The van der Waals surface area contributed by atoms with Crippen molar-refractivity contribution in [1.29, 1.82) is 5.26 Å². The lowest BCUT2D eigenvalue weighted by atomic mass is 9.96. The number of carboxylic acids is 1. The van der Waals surface area contributed by atoms with E-state index < -0.39 is 24.4 Å². The van der Waals surface area contributed by atoms with Crippen molar-refractivity contribution < 1.29 is 28.9 Å². The molecule has 42 heavy (non-hydrogen) atoms. The molecule has 1 atom stereocenters. The summed E-state index contributed by atoms with van der Waals surface area (Å²) in [7, 11) is 0. The molecule has 0 spiro atoms. The SMILES string of the molecule is Cc1c(COc2cc(OCc3cncc(C#N)c3)c(CN[C@H](CO)C(=O)O)cc2Cl)cccc1-c1cccc(N)c1F. The molecule has 5 N–H and O–H groups in total. The molecule has 0 amide bonds. The van der Waals surface area contributed by atoms with Crippen LogP contribution in [-0.4, -0.2) is 33.8 Å². The van der Waals surface area contributed by atoms with Crippen LogP contribution in [0.5, 0.6) is 11.5 Å². The number of nitrogen functional groups attached to an aromatic ring is 1. The Hall–Kier alpha value is -4.69. The van der Waals surface area contributed by atoms with Crippen molar-refractivity contribution in [3.63, 3.8) is 0 Å². The lowest BCUT2D eigenvalue weighted by molar-refractivity contribution is -0.140. The Bertz CT molecular complexity index is 1640. The van der Waals surface area contributed by atoms with Crippen LogP contribution in [0.15, 0.2) is 67.0 Å². The van der Waals surface area contributed by atoms with Gasteiger partial charge in [0.15, 0.2) is 5.82 Å². The number of carboxylic acid groups (broad SMARTS) is 1. The maximum Gasteiger partial charge on any atom is 0.323 e. The van der Waals surface area contributed by atoms with Gasteiger partial charge in [-0.25, -0.2) is 4.39 Å². The lowest BCUT2D eigenvalue weighted by Crippen LogP contribution is -2.39. The Morgan fingerprint density at radius 3 is 2.57 bits per heavy atom. The van der Waals surface area contributed by atoms with Crippen molar-refractivity contribution in [1.82, 2.24) is 10.3 Å². The third-order valence-corrected chi connectivity index (χ3v) is 6.90. The summed E-state index contributed by atoms with van der Waals surface area (Å²) < 4.78 is 26.9. The second-order valence-corrected chi connectivity index (χ2v) is 9.82. The van der Waals surface area contributed by atoms with Gasteiger partial charge in [-0.05, 0) is 41.8 Å². The van der Waals surface area contributed by atoms with Gasteiger partial charge in [0.05, 0.1) is 22.9 Å². The third-order valence-electron chi connectivity index (χ3n) is 6.60. The zero-order valence-corrected chi connectivity index (χ0v) is 23.4. The Morgan fingerprint density at radius 1 is 1.10 bits per heavy atom. The highest BCUT2D eigenvalue weighted by Crippen LogP contribution is 2.35. The van der Waals surface area contributed by atoms with E-state index in [1.165, 1.54) is 12.3 Å². The number of hydrogen-bond acceptors (Lipinski definition) is 8. The predicted octanol–water partition coefficient (Wildman–Crippen LogP) is 5.00. The fraction of sp³-hybridized carbons (Fsp3) is 0.194. The number of aromatic nitrogens is 1. The average molecular weight is 591 g/mol. The van der Waals surface area contributed by atoms with E-state index in [1.807, 2.05) is 25.1 Å². The molecule has 0 radical (unpaired) electrons. The summed E-state index contributed by atoms with van der Waals surface area (Å²) in [5.74, 6) is -1.05. The minimum Gasteiger partial charge on any atom is -0.488 e. The number of rotatable bonds is 12. The first kappa shape index (κ1) is 30.3. The summed E-state index contributed by atoms with van der Waals surface area (Å²) in [6.45, 7) is 1.46. The summed E-state index contributed by atoms with van der Waals surface area (Å²) in [6, 6.07) is 16.0. The van der Waals surface area contributed by atoms with Crippen molar-refractivity contribution >= 4 is 23.3 Å². The summed E-state index contributed by atoms with van der Waals surface area (Å²) >= 11 is 6.56. The molecule has 9 nitrogen and oxygen atoms in total. The van der Waals surface area contributed by atoms with E-state index in [-0.39, 0.29) is 30.5 Å². The van der Waals surface area contributed by atoms with E-state index in [2.05, 4.69) is 10.3 Å². The van der Waals surface area contributed by atoms with E-state index >= 15 is 0 Å². The van der Waals surface area contributed by atoms with Crippen LogP contribution >= 0.6 is 11.6 Å². The Morgan fingerprint density at radius 2 is 1.83 bits per heavy atom. The largest absolute Gasteiger partial charge is 0.488 e. The van der Waals surface area contributed by atoms with Crippen LogP contribution in [0, 0.1) is 24.1 Å². The van der Waals surface area contributed by atoms with Gasteiger partial charge in [-0.3, -0.25) is 15.1 Å². The second kappa shape index (κ2) is 13.8. The molecule has 0 aliphatic carbocycles. The van der Waals surface area contributed by atoms with Gasteiger partial charge < -0.3 is 25.4 Å². The Labute approximate surface area is 246 Å². The number of nitriles is 1. The number of benzene rings is 3. The van der Waals surface area contributed by atoms with E-state index in [0.29, 0.717) is 39.3 Å². The molecule has 4 aromatic rings. The number of ether oxygens (including phenoxy) is 2.